The summed E-state index contributed by atoms with van der Waals surface area (Å²) in [6.07, 6.45) is -0.980. The van der Waals surface area contributed by atoms with E-state index >= 15 is 0 Å². The number of aliphatic hydroxyl groups excluding tert-OH is 1. The fourth-order valence-electron chi connectivity index (χ4n) is 3.33. The first-order valence-electron chi connectivity index (χ1n) is 8.90. The van der Waals surface area contributed by atoms with Crippen LogP contribution in [0.15, 0.2) is 52.4 Å². The summed E-state index contributed by atoms with van der Waals surface area (Å²) in [6.45, 7) is 3.97. The molecular formula is C20H20N2O4S2. The van der Waals surface area contributed by atoms with Gasteiger partial charge in [-0.1, -0.05) is 30.0 Å². The zero-order valence-corrected chi connectivity index (χ0v) is 17.1. The van der Waals surface area contributed by atoms with Crippen LogP contribution in [0.3, 0.4) is 0 Å². The first kappa shape index (κ1) is 19.2. The van der Waals surface area contributed by atoms with E-state index in [4.69, 9.17) is 0 Å². The molecule has 2 atom stereocenters. The monoisotopic (exact) mass is 416 g/mol. The minimum absolute atomic E-state index is 0.130. The molecule has 1 saturated heterocycles. The van der Waals surface area contributed by atoms with Crippen molar-refractivity contribution in [3.05, 3.63) is 63.9 Å². The van der Waals surface area contributed by atoms with E-state index in [1.807, 2.05) is 32.0 Å². The van der Waals surface area contributed by atoms with Crippen LogP contribution >= 0.6 is 11.8 Å². The van der Waals surface area contributed by atoms with Crippen molar-refractivity contribution >= 4 is 32.5 Å². The summed E-state index contributed by atoms with van der Waals surface area (Å²) in [7, 11) is -3.29. The number of thioether (sulfide) groups is 1. The van der Waals surface area contributed by atoms with Crippen LogP contribution in [0.2, 0.25) is 0 Å². The molecule has 28 heavy (non-hydrogen) atoms. The number of aromatic nitrogens is 2. The lowest BCUT2D eigenvalue weighted by Crippen LogP contribution is -2.25. The topological polar surface area (TPSA) is 89.3 Å². The molecule has 1 aliphatic rings. The maximum absolute atomic E-state index is 13.3. The van der Waals surface area contributed by atoms with E-state index < -0.39 is 21.2 Å². The number of sulfone groups is 1. The molecule has 0 aliphatic carbocycles. The van der Waals surface area contributed by atoms with Crippen molar-refractivity contribution in [1.29, 1.82) is 0 Å². The molecular weight excluding hydrogens is 396 g/mol. The Morgan fingerprint density at radius 2 is 1.86 bits per heavy atom. The second-order valence-corrected chi connectivity index (χ2v) is 10.5. The van der Waals surface area contributed by atoms with Crippen LogP contribution in [0.5, 0.6) is 0 Å². The zero-order valence-electron chi connectivity index (χ0n) is 15.5. The van der Waals surface area contributed by atoms with Crippen LogP contribution in [0, 0.1) is 13.8 Å². The van der Waals surface area contributed by atoms with Gasteiger partial charge >= 0.3 is 0 Å². The van der Waals surface area contributed by atoms with E-state index in [-0.39, 0.29) is 17.1 Å². The van der Waals surface area contributed by atoms with Gasteiger partial charge in [-0.3, -0.25) is 9.36 Å². The lowest BCUT2D eigenvalue weighted by Gasteiger charge is -2.17. The van der Waals surface area contributed by atoms with Gasteiger partial charge in [-0.2, -0.15) is 0 Å². The number of nitrogens with zero attached hydrogens (tertiary/aromatic N) is 2. The Labute approximate surface area is 167 Å². The Morgan fingerprint density at radius 1 is 1.11 bits per heavy atom. The summed E-state index contributed by atoms with van der Waals surface area (Å²) in [5, 5.41) is 10.5. The first-order valence-corrected chi connectivity index (χ1v) is 11.6. The summed E-state index contributed by atoms with van der Waals surface area (Å²) < 4.78 is 25.3. The summed E-state index contributed by atoms with van der Waals surface area (Å²) in [4.78, 5) is 17.9. The molecule has 1 N–H and O–H groups in total. The van der Waals surface area contributed by atoms with E-state index in [9.17, 15) is 18.3 Å². The van der Waals surface area contributed by atoms with E-state index in [0.29, 0.717) is 21.7 Å². The SMILES string of the molecule is Cc1ccc(-n2c(S[C@H]3CS(=O)(=O)C[C@H]3O)nc3ccccc3c2=O)cc1C. The number of benzene rings is 2. The molecule has 1 aromatic heterocycles. The Kier molecular flexibility index (Phi) is 4.81. The molecule has 0 unspecified atom stereocenters. The van der Waals surface area contributed by atoms with Gasteiger partial charge in [0, 0.05) is 0 Å². The second-order valence-electron chi connectivity index (χ2n) is 7.12. The molecule has 3 aromatic rings. The van der Waals surface area contributed by atoms with Crippen LogP contribution in [-0.4, -0.2) is 45.9 Å². The molecule has 2 aromatic carbocycles. The van der Waals surface area contributed by atoms with Crippen LogP contribution in [0.1, 0.15) is 11.1 Å². The average Bonchev–Trinajstić information content (AvgIpc) is 2.89. The van der Waals surface area contributed by atoms with Gasteiger partial charge in [-0.25, -0.2) is 13.4 Å². The maximum Gasteiger partial charge on any atom is 0.266 e. The predicted octanol–water partition coefficient (Wildman–Crippen LogP) is 2.25. The summed E-state index contributed by atoms with van der Waals surface area (Å²) in [5.41, 5.74) is 3.15. The van der Waals surface area contributed by atoms with Crippen LogP contribution in [-0.2, 0) is 9.84 Å². The highest BCUT2D eigenvalue weighted by Gasteiger charge is 2.38. The Balaban J connectivity index is 1.91. The molecule has 146 valence electrons. The van der Waals surface area contributed by atoms with Crippen LogP contribution in [0.4, 0.5) is 0 Å². The van der Waals surface area contributed by atoms with Gasteiger partial charge in [0.25, 0.3) is 5.56 Å². The fraction of sp³-hybridized carbons (Fsp3) is 0.300. The average molecular weight is 417 g/mol. The molecule has 1 fully saturated rings. The van der Waals surface area contributed by atoms with Crippen molar-refractivity contribution < 1.29 is 13.5 Å². The van der Waals surface area contributed by atoms with Gasteiger partial charge in [-0.05, 0) is 49.2 Å². The van der Waals surface area contributed by atoms with Crippen molar-refractivity contribution in [2.45, 2.75) is 30.4 Å². The molecule has 0 spiro atoms. The standard InChI is InChI=1S/C20H20N2O4S2/c1-12-7-8-14(9-13(12)2)22-19(24)15-5-3-4-6-16(15)21-20(22)27-18-11-28(25,26)10-17(18)23/h3-9,17-18,23H,10-11H2,1-2H3/t17-,18+/m1/s1. The Morgan fingerprint density at radius 3 is 2.54 bits per heavy atom. The number of para-hydroxylation sites is 1. The first-order chi connectivity index (χ1) is 13.2. The van der Waals surface area contributed by atoms with Gasteiger partial charge in [-0.15, -0.1) is 0 Å². The van der Waals surface area contributed by atoms with E-state index in [0.717, 1.165) is 22.9 Å². The second kappa shape index (κ2) is 7.02. The van der Waals surface area contributed by atoms with E-state index in [1.54, 1.807) is 24.3 Å². The Bertz CT molecular complexity index is 1230. The van der Waals surface area contributed by atoms with Crippen molar-refractivity contribution in [2.24, 2.45) is 0 Å². The van der Waals surface area contributed by atoms with Crippen molar-refractivity contribution in [1.82, 2.24) is 9.55 Å². The predicted molar refractivity (Wildman–Crippen MR) is 111 cm³/mol. The Hall–Kier alpha value is -2.16. The number of aliphatic hydroxyl groups is 1. The molecule has 0 saturated carbocycles. The summed E-state index contributed by atoms with van der Waals surface area (Å²) in [6, 6.07) is 12.8. The quantitative estimate of drug-likeness (QED) is 0.659. The van der Waals surface area contributed by atoms with E-state index in [2.05, 4.69) is 4.98 Å². The molecule has 0 radical (unpaired) electrons. The van der Waals surface area contributed by atoms with Crippen molar-refractivity contribution in [3.63, 3.8) is 0 Å². The molecule has 6 nitrogen and oxygen atoms in total. The molecule has 1 aliphatic heterocycles. The third kappa shape index (κ3) is 3.47. The number of rotatable bonds is 3. The van der Waals surface area contributed by atoms with E-state index in [1.165, 1.54) is 4.57 Å². The number of hydrogen-bond acceptors (Lipinski definition) is 6. The highest BCUT2D eigenvalue weighted by atomic mass is 32.2. The number of hydrogen-bond donors (Lipinski definition) is 1. The molecule has 8 heteroatoms. The highest BCUT2D eigenvalue weighted by Crippen LogP contribution is 2.32. The van der Waals surface area contributed by atoms with Crippen LogP contribution in [0.25, 0.3) is 16.6 Å². The third-order valence-corrected chi connectivity index (χ3v) is 8.22. The smallest absolute Gasteiger partial charge is 0.266 e. The lowest BCUT2D eigenvalue weighted by molar-refractivity contribution is 0.207. The zero-order chi connectivity index (χ0) is 20.1. The lowest BCUT2D eigenvalue weighted by atomic mass is 10.1. The minimum atomic E-state index is -3.29. The van der Waals surface area contributed by atoms with Gasteiger partial charge in [0.15, 0.2) is 15.0 Å². The van der Waals surface area contributed by atoms with Gasteiger partial charge in [0.2, 0.25) is 0 Å². The fourth-order valence-corrected chi connectivity index (χ4v) is 6.92. The van der Waals surface area contributed by atoms with Gasteiger partial charge in [0.1, 0.15) is 0 Å². The minimum Gasteiger partial charge on any atom is -0.391 e. The summed E-state index contributed by atoms with van der Waals surface area (Å²) in [5.74, 6) is -0.388. The van der Waals surface area contributed by atoms with Crippen molar-refractivity contribution in [3.8, 4) is 5.69 Å². The van der Waals surface area contributed by atoms with Crippen LogP contribution < -0.4 is 5.56 Å². The molecule has 4 rings (SSSR count). The number of aryl methyl sites for hydroxylation is 2. The largest absolute Gasteiger partial charge is 0.391 e. The van der Waals surface area contributed by atoms with Gasteiger partial charge in [0.05, 0.1) is 39.4 Å². The summed E-state index contributed by atoms with van der Waals surface area (Å²) >= 11 is 1.14. The maximum atomic E-state index is 13.3. The molecule has 2 heterocycles. The van der Waals surface area contributed by atoms with Crippen molar-refractivity contribution in [2.75, 3.05) is 11.5 Å². The number of fused-ring (bicyclic) bond motifs is 1. The molecule has 0 bridgehead atoms. The third-order valence-electron chi connectivity index (χ3n) is 5.02. The molecule has 0 amide bonds. The van der Waals surface area contributed by atoms with Gasteiger partial charge < -0.3 is 5.11 Å². The highest BCUT2D eigenvalue weighted by molar-refractivity contribution is 8.01. The normalized spacial score (nSPS) is 21.2.